The Morgan fingerprint density at radius 3 is 2.40 bits per heavy atom. The molecule has 4 fully saturated rings. The second kappa shape index (κ2) is 4.83. The molecular weight excluding hydrogens is 248 g/mol. The molecule has 1 heterocycles. The van der Waals surface area contributed by atoms with Gasteiger partial charge in [-0.05, 0) is 68.6 Å². The molecule has 4 aliphatic rings. The Hall–Kier alpha value is -0.900. The molecule has 4 heteroatoms. The van der Waals surface area contributed by atoms with Crippen molar-refractivity contribution in [3.8, 4) is 0 Å². The SMILES string of the molecule is CC(NCCn1ccnn1)C12CC3CC(CC(C3)C1)C2. The molecule has 4 saturated carbocycles. The highest BCUT2D eigenvalue weighted by Gasteiger charge is 2.52. The lowest BCUT2D eigenvalue weighted by Gasteiger charge is -2.59. The van der Waals surface area contributed by atoms with Crippen molar-refractivity contribution in [2.24, 2.45) is 23.2 Å². The third-order valence-electron chi connectivity index (χ3n) is 6.27. The largest absolute Gasteiger partial charge is 0.312 e. The maximum Gasteiger partial charge on any atom is 0.0692 e. The van der Waals surface area contributed by atoms with Gasteiger partial charge in [-0.2, -0.15) is 0 Å². The van der Waals surface area contributed by atoms with Gasteiger partial charge in [0.15, 0.2) is 0 Å². The normalized spacial score (nSPS) is 40.1. The second-order valence-corrected chi connectivity index (χ2v) is 7.62. The average Bonchev–Trinajstić information content (AvgIpc) is 2.90. The van der Waals surface area contributed by atoms with E-state index in [9.17, 15) is 0 Å². The zero-order chi connectivity index (χ0) is 13.6. The molecule has 4 bridgehead atoms. The minimum atomic E-state index is 0.608. The quantitative estimate of drug-likeness (QED) is 0.897. The van der Waals surface area contributed by atoms with Gasteiger partial charge >= 0.3 is 0 Å². The third-order valence-corrected chi connectivity index (χ3v) is 6.27. The van der Waals surface area contributed by atoms with Crippen molar-refractivity contribution in [1.82, 2.24) is 20.3 Å². The van der Waals surface area contributed by atoms with Crippen molar-refractivity contribution in [2.45, 2.75) is 58.0 Å². The Morgan fingerprint density at radius 2 is 1.85 bits per heavy atom. The monoisotopic (exact) mass is 274 g/mol. The topological polar surface area (TPSA) is 42.7 Å². The van der Waals surface area contributed by atoms with Crippen molar-refractivity contribution in [3.63, 3.8) is 0 Å². The zero-order valence-corrected chi connectivity index (χ0v) is 12.5. The molecule has 4 nitrogen and oxygen atoms in total. The first kappa shape index (κ1) is 12.8. The number of nitrogens with zero attached hydrogens (tertiary/aromatic N) is 3. The first-order valence-electron chi connectivity index (χ1n) is 8.31. The lowest BCUT2D eigenvalue weighted by atomic mass is 9.48. The van der Waals surface area contributed by atoms with Gasteiger partial charge < -0.3 is 5.32 Å². The van der Waals surface area contributed by atoms with Gasteiger partial charge in [-0.1, -0.05) is 5.21 Å². The van der Waals surface area contributed by atoms with Crippen molar-refractivity contribution < 1.29 is 0 Å². The summed E-state index contributed by atoms with van der Waals surface area (Å²) in [6, 6.07) is 0.652. The molecule has 1 aromatic rings. The van der Waals surface area contributed by atoms with Gasteiger partial charge in [0.1, 0.15) is 0 Å². The highest BCUT2D eigenvalue weighted by molar-refractivity contribution is 5.05. The molecule has 5 rings (SSSR count). The van der Waals surface area contributed by atoms with Gasteiger partial charge in [-0.15, -0.1) is 5.10 Å². The first-order chi connectivity index (χ1) is 9.73. The summed E-state index contributed by atoms with van der Waals surface area (Å²) in [4.78, 5) is 0. The molecule has 4 aliphatic carbocycles. The van der Waals surface area contributed by atoms with Crippen molar-refractivity contribution in [2.75, 3.05) is 6.54 Å². The highest BCUT2D eigenvalue weighted by atomic mass is 15.4. The fourth-order valence-corrected chi connectivity index (χ4v) is 5.67. The van der Waals surface area contributed by atoms with E-state index in [-0.39, 0.29) is 0 Å². The molecule has 0 aliphatic heterocycles. The van der Waals surface area contributed by atoms with E-state index < -0.39 is 0 Å². The van der Waals surface area contributed by atoms with E-state index in [0.717, 1.165) is 30.8 Å². The van der Waals surface area contributed by atoms with Gasteiger partial charge in [-0.25, -0.2) is 0 Å². The van der Waals surface area contributed by atoms with Crippen molar-refractivity contribution in [1.29, 1.82) is 0 Å². The van der Waals surface area contributed by atoms with Crippen LogP contribution in [0.1, 0.15) is 45.4 Å². The summed E-state index contributed by atoms with van der Waals surface area (Å²) in [7, 11) is 0. The Kier molecular flexibility index (Phi) is 3.09. The summed E-state index contributed by atoms with van der Waals surface area (Å²) in [6.45, 7) is 4.36. The molecule has 1 aromatic heterocycles. The van der Waals surface area contributed by atoms with E-state index in [1.165, 1.54) is 38.5 Å². The zero-order valence-electron chi connectivity index (χ0n) is 12.5. The fraction of sp³-hybridized carbons (Fsp3) is 0.875. The van der Waals surface area contributed by atoms with Crippen LogP contribution >= 0.6 is 0 Å². The number of rotatable bonds is 5. The van der Waals surface area contributed by atoms with E-state index in [1.807, 2.05) is 10.9 Å². The summed E-state index contributed by atoms with van der Waals surface area (Å²) in [5, 5.41) is 11.7. The highest BCUT2D eigenvalue weighted by Crippen LogP contribution is 2.61. The van der Waals surface area contributed by atoms with Crippen LogP contribution in [0, 0.1) is 23.2 Å². The lowest BCUT2D eigenvalue weighted by Crippen LogP contribution is -2.55. The number of hydrogen-bond acceptors (Lipinski definition) is 3. The molecule has 0 radical (unpaired) electrons. The van der Waals surface area contributed by atoms with Crippen LogP contribution in [-0.2, 0) is 6.54 Å². The molecule has 1 atom stereocenters. The van der Waals surface area contributed by atoms with Gasteiger partial charge in [0, 0.05) is 18.8 Å². The van der Waals surface area contributed by atoms with Crippen LogP contribution in [-0.4, -0.2) is 27.6 Å². The maximum atomic E-state index is 4.03. The number of nitrogens with one attached hydrogen (secondary N) is 1. The van der Waals surface area contributed by atoms with E-state index in [4.69, 9.17) is 0 Å². The molecule has 110 valence electrons. The minimum absolute atomic E-state index is 0.608. The van der Waals surface area contributed by atoms with E-state index >= 15 is 0 Å². The van der Waals surface area contributed by atoms with Crippen LogP contribution in [0.4, 0.5) is 0 Å². The molecule has 0 spiro atoms. The van der Waals surface area contributed by atoms with Crippen LogP contribution in [0.25, 0.3) is 0 Å². The number of hydrogen-bond donors (Lipinski definition) is 1. The van der Waals surface area contributed by atoms with Crippen LogP contribution < -0.4 is 5.32 Å². The Bertz CT molecular complexity index is 418. The molecule has 0 amide bonds. The summed E-state index contributed by atoms with van der Waals surface area (Å²) < 4.78 is 1.92. The van der Waals surface area contributed by atoms with Crippen LogP contribution in [0.3, 0.4) is 0 Å². The molecular formula is C16H26N4. The van der Waals surface area contributed by atoms with Crippen molar-refractivity contribution >= 4 is 0 Å². The van der Waals surface area contributed by atoms with E-state index in [0.29, 0.717) is 11.5 Å². The summed E-state index contributed by atoms with van der Waals surface area (Å²) in [5.74, 6) is 3.13. The average molecular weight is 274 g/mol. The smallest absolute Gasteiger partial charge is 0.0692 e. The Balaban J connectivity index is 1.37. The Labute approximate surface area is 121 Å². The third kappa shape index (κ3) is 2.18. The standard InChI is InChI=1S/C16H26N4/c1-12(17-2-4-20-5-3-18-19-20)16-9-13-6-14(10-16)8-15(7-13)11-16/h3,5,12-15,17H,2,4,6-11H2,1H3. The first-order valence-corrected chi connectivity index (χ1v) is 8.31. The molecule has 1 N–H and O–H groups in total. The second-order valence-electron chi connectivity index (χ2n) is 7.62. The van der Waals surface area contributed by atoms with Gasteiger partial charge in [0.2, 0.25) is 0 Å². The van der Waals surface area contributed by atoms with Gasteiger partial charge in [-0.3, -0.25) is 4.68 Å². The summed E-state index contributed by atoms with van der Waals surface area (Å²) >= 11 is 0. The predicted molar refractivity (Wildman–Crippen MR) is 78.1 cm³/mol. The molecule has 1 unspecified atom stereocenters. The van der Waals surface area contributed by atoms with Gasteiger partial charge in [0.25, 0.3) is 0 Å². The molecule has 20 heavy (non-hydrogen) atoms. The number of aromatic nitrogens is 3. The Morgan fingerprint density at radius 1 is 1.20 bits per heavy atom. The van der Waals surface area contributed by atoms with E-state index in [2.05, 4.69) is 22.6 Å². The summed E-state index contributed by atoms with van der Waals surface area (Å²) in [6.07, 6.45) is 12.7. The van der Waals surface area contributed by atoms with Crippen LogP contribution in [0.2, 0.25) is 0 Å². The lowest BCUT2D eigenvalue weighted by molar-refractivity contribution is -0.0704. The minimum Gasteiger partial charge on any atom is -0.312 e. The predicted octanol–water partition coefficient (Wildman–Crippen LogP) is 2.47. The molecule has 0 saturated heterocycles. The maximum absolute atomic E-state index is 4.03. The summed E-state index contributed by atoms with van der Waals surface area (Å²) in [5.41, 5.74) is 0.608. The van der Waals surface area contributed by atoms with E-state index in [1.54, 1.807) is 6.20 Å². The van der Waals surface area contributed by atoms with Crippen LogP contribution in [0.15, 0.2) is 12.4 Å². The van der Waals surface area contributed by atoms with Crippen molar-refractivity contribution in [3.05, 3.63) is 12.4 Å². The molecule has 0 aromatic carbocycles. The van der Waals surface area contributed by atoms with Gasteiger partial charge in [0.05, 0.1) is 12.7 Å². The fourth-order valence-electron chi connectivity index (χ4n) is 5.67. The van der Waals surface area contributed by atoms with Crippen LogP contribution in [0.5, 0.6) is 0 Å².